The van der Waals surface area contributed by atoms with Crippen LogP contribution in [0.1, 0.15) is 42.5 Å². The number of hydrogen-bond donors (Lipinski definition) is 1. The second-order valence-electron chi connectivity index (χ2n) is 6.17. The van der Waals surface area contributed by atoms with Crippen molar-refractivity contribution in [3.8, 4) is 11.5 Å². The molecule has 0 aliphatic heterocycles. The Morgan fingerprint density at radius 1 is 1.04 bits per heavy atom. The summed E-state index contributed by atoms with van der Waals surface area (Å²) in [4.78, 5) is 12.1. The smallest absolute Gasteiger partial charge is 0.339 e. The highest BCUT2D eigenvalue weighted by atomic mass is 35.5. The molecule has 0 amide bonds. The lowest BCUT2D eigenvalue weighted by molar-refractivity contribution is 0.0450. The number of rotatable bonds is 6. The van der Waals surface area contributed by atoms with E-state index in [4.69, 9.17) is 21.1 Å². The predicted molar refractivity (Wildman–Crippen MR) is 98.3 cm³/mol. The van der Waals surface area contributed by atoms with Gasteiger partial charge in [0, 0.05) is 6.04 Å². The van der Waals surface area contributed by atoms with Gasteiger partial charge in [-0.3, -0.25) is 5.32 Å². The number of nitrogens with one attached hydrogen (secondary N) is 1. The lowest BCUT2D eigenvalue weighted by Crippen LogP contribution is -2.33. The minimum Gasteiger partial charge on any atom is -0.456 e. The third-order valence-corrected chi connectivity index (χ3v) is 4.65. The van der Waals surface area contributed by atoms with Gasteiger partial charge >= 0.3 is 5.97 Å². The molecule has 1 aliphatic rings. The zero-order valence-corrected chi connectivity index (χ0v) is 14.8. The van der Waals surface area contributed by atoms with Gasteiger partial charge in [-0.15, -0.1) is 0 Å². The molecule has 1 saturated carbocycles. The molecule has 5 heteroatoms. The second kappa shape index (κ2) is 8.88. The molecule has 3 rings (SSSR count). The number of benzene rings is 2. The van der Waals surface area contributed by atoms with E-state index in [1.807, 2.05) is 12.1 Å². The molecule has 1 N–H and O–H groups in total. The van der Waals surface area contributed by atoms with Crippen molar-refractivity contribution < 1.29 is 14.3 Å². The molecular weight excluding hydrogens is 338 g/mol. The third-order valence-electron chi connectivity index (χ3n) is 4.33. The van der Waals surface area contributed by atoms with E-state index in [2.05, 4.69) is 5.32 Å². The summed E-state index contributed by atoms with van der Waals surface area (Å²) in [6, 6.07) is 14.6. The van der Waals surface area contributed by atoms with Gasteiger partial charge in [-0.25, -0.2) is 4.79 Å². The van der Waals surface area contributed by atoms with Gasteiger partial charge in [0.05, 0.1) is 10.6 Å². The number of para-hydroxylation sites is 1. The van der Waals surface area contributed by atoms with Crippen molar-refractivity contribution in [3.05, 3.63) is 59.1 Å². The van der Waals surface area contributed by atoms with Gasteiger partial charge in [0.25, 0.3) is 0 Å². The highest BCUT2D eigenvalue weighted by molar-refractivity contribution is 6.32. The van der Waals surface area contributed by atoms with Gasteiger partial charge < -0.3 is 9.47 Å². The molecule has 1 fully saturated rings. The molecule has 2 aromatic rings. The van der Waals surface area contributed by atoms with Gasteiger partial charge in [-0.2, -0.15) is 0 Å². The number of carbonyl (C=O) groups is 1. The van der Waals surface area contributed by atoms with E-state index in [1.165, 1.54) is 19.3 Å². The highest BCUT2D eigenvalue weighted by Gasteiger charge is 2.14. The summed E-state index contributed by atoms with van der Waals surface area (Å²) in [7, 11) is 0. The Balaban J connectivity index is 1.49. The van der Waals surface area contributed by atoms with Crippen LogP contribution in [0.15, 0.2) is 48.5 Å². The zero-order valence-electron chi connectivity index (χ0n) is 14.0. The molecule has 0 heterocycles. The first kappa shape index (κ1) is 17.8. The molecule has 0 atom stereocenters. The molecule has 2 aromatic carbocycles. The number of esters is 1. The Morgan fingerprint density at radius 2 is 1.76 bits per heavy atom. The summed E-state index contributed by atoms with van der Waals surface area (Å²) in [5.41, 5.74) is 0.497. The summed E-state index contributed by atoms with van der Waals surface area (Å²) in [5, 5.41) is 3.83. The van der Waals surface area contributed by atoms with Crippen LogP contribution in [-0.4, -0.2) is 18.7 Å². The van der Waals surface area contributed by atoms with Crippen LogP contribution in [0.3, 0.4) is 0 Å². The highest BCUT2D eigenvalue weighted by Crippen LogP contribution is 2.28. The van der Waals surface area contributed by atoms with Crippen LogP contribution in [0.25, 0.3) is 0 Å². The van der Waals surface area contributed by atoms with E-state index in [0.29, 0.717) is 28.1 Å². The van der Waals surface area contributed by atoms with Crippen molar-refractivity contribution in [1.82, 2.24) is 5.32 Å². The van der Waals surface area contributed by atoms with Crippen LogP contribution in [-0.2, 0) is 4.74 Å². The van der Waals surface area contributed by atoms with Crippen LogP contribution in [0.2, 0.25) is 5.02 Å². The van der Waals surface area contributed by atoms with Crippen LogP contribution in [0.5, 0.6) is 11.5 Å². The summed E-state index contributed by atoms with van der Waals surface area (Å²) in [6.07, 6.45) is 6.12. The maximum Gasteiger partial charge on any atom is 0.339 e. The molecule has 0 spiro atoms. The quantitative estimate of drug-likeness (QED) is 0.571. The SMILES string of the molecule is O=C(OCNC1CCCCC1)c1ccc(Oc2ccccc2Cl)cc1. The average molecular weight is 360 g/mol. The average Bonchev–Trinajstić information content (AvgIpc) is 2.65. The van der Waals surface area contributed by atoms with Crippen molar-refractivity contribution in [1.29, 1.82) is 0 Å². The first-order valence-electron chi connectivity index (χ1n) is 8.65. The molecule has 0 aromatic heterocycles. The monoisotopic (exact) mass is 359 g/mol. The van der Waals surface area contributed by atoms with Crippen LogP contribution >= 0.6 is 11.6 Å². The van der Waals surface area contributed by atoms with Gasteiger partial charge in [-0.1, -0.05) is 43.0 Å². The molecule has 132 valence electrons. The fraction of sp³-hybridized carbons (Fsp3) is 0.350. The van der Waals surface area contributed by atoms with Crippen LogP contribution in [0.4, 0.5) is 0 Å². The number of ether oxygens (including phenoxy) is 2. The second-order valence-corrected chi connectivity index (χ2v) is 6.58. The largest absolute Gasteiger partial charge is 0.456 e. The van der Waals surface area contributed by atoms with E-state index in [0.717, 1.165) is 12.8 Å². The van der Waals surface area contributed by atoms with Crippen LogP contribution < -0.4 is 10.1 Å². The third kappa shape index (κ3) is 5.21. The molecule has 4 nitrogen and oxygen atoms in total. The Morgan fingerprint density at radius 3 is 2.48 bits per heavy atom. The lowest BCUT2D eigenvalue weighted by Gasteiger charge is -2.22. The topological polar surface area (TPSA) is 47.6 Å². The Bertz CT molecular complexity index is 696. The molecule has 25 heavy (non-hydrogen) atoms. The summed E-state index contributed by atoms with van der Waals surface area (Å²) < 4.78 is 11.0. The van der Waals surface area contributed by atoms with E-state index in [-0.39, 0.29) is 12.7 Å². The standard InChI is InChI=1S/C20H22ClNO3/c21-18-8-4-5-9-19(18)25-17-12-10-15(11-13-17)20(23)24-14-22-16-6-2-1-3-7-16/h4-5,8-13,16,22H,1-3,6-7,14H2. The minimum atomic E-state index is -0.340. The van der Waals surface area contributed by atoms with Crippen molar-refractivity contribution in [2.45, 2.75) is 38.1 Å². The minimum absolute atomic E-state index is 0.251. The predicted octanol–water partition coefficient (Wildman–Crippen LogP) is 5.17. The van der Waals surface area contributed by atoms with Gasteiger partial charge in [-0.05, 0) is 49.2 Å². The van der Waals surface area contributed by atoms with Crippen molar-refractivity contribution in [2.24, 2.45) is 0 Å². The summed E-state index contributed by atoms with van der Waals surface area (Å²) in [5.74, 6) is 0.855. The maximum atomic E-state index is 12.1. The first-order valence-corrected chi connectivity index (χ1v) is 9.03. The van der Waals surface area contributed by atoms with Crippen molar-refractivity contribution in [3.63, 3.8) is 0 Å². The zero-order chi connectivity index (χ0) is 17.5. The fourth-order valence-corrected chi connectivity index (χ4v) is 3.10. The van der Waals surface area contributed by atoms with E-state index >= 15 is 0 Å². The number of hydrogen-bond acceptors (Lipinski definition) is 4. The Kier molecular flexibility index (Phi) is 6.31. The van der Waals surface area contributed by atoms with Gasteiger partial charge in [0.1, 0.15) is 18.2 Å². The van der Waals surface area contributed by atoms with Gasteiger partial charge in [0.2, 0.25) is 0 Å². The molecule has 1 aliphatic carbocycles. The Hall–Kier alpha value is -2.04. The maximum absolute atomic E-state index is 12.1. The summed E-state index contributed by atoms with van der Waals surface area (Å²) in [6.45, 7) is 0.251. The van der Waals surface area contributed by atoms with Gasteiger partial charge in [0.15, 0.2) is 0 Å². The first-order chi connectivity index (χ1) is 12.2. The summed E-state index contributed by atoms with van der Waals surface area (Å²) >= 11 is 6.07. The number of carbonyl (C=O) groups excluding carboxylic acids is 1. The van der Waals surface area contributed by atoms with E-state index in [9.17, 15) is 4.79 Å². The molecule has 0 saturated heterocycles. The van der Waals surface area contributed by atoms with Crippen molar-refractivity contribution >= 4 is 17.6 Å². The van der Waals surface area contributed by atoms with Crippen LogP contribution in [0, 0.1) is 0 Å². The van der Waals surface area contributed by atoms with Crippen molar-refractivity contribution in [2.75, 3.05) is 6.73 Å². The number of halogens is 1. The van der Waals surface area contributed by atoms with E-state index < -0.39 is 0 Å². The fourth-order valence-electron chi connectivity index (χ4n) is 2.93. The normalized spacial score (nSPS) is 14.9. The molecule has 0 bridgehead atoms. The Labute approximate surface area is 153 Å². The molecule has 0 radical (unpaired) electrons. The molecular formula is C20H22ClNO3. The van der Waals surface area contributed by atoms with E-state index in [1.54, 1.807) is 36.4 Å². The lowest BCUT2D eigenvalue weighted by atomic mass is 9.96. The molecule has 0 unspecified atom stereocenters.